The van der Waals surface area contributed by atoms with Gasteiger partial charge < -0.3 is 15.4 Å². The lowest BCUT2D eigenvalue weighted by atomic mass is 10.1. The average Bonchev–Trinajstić information content (AvgIpc) is 2.77. The van der Waals surface area contributed by atoms with Gasteiger partial charge in [0.25, 0.3) is 11.8 Å². The van der Waals surface area contributed by atoms with Gasteiger partial charge in [-0.3, -0.25) is 14.6 Å². The van der Waals surface area contributed by atoms with Crippen LogP contribution in [0.3, 0.4) is 0 Å². The van der Waals surface area contributed by atoms with Crippen molar-refractivity contribution in [1.82, 2.24) is 10.3 Å². The highest BCUT2D eigenvalue weighted by molar-refractivity contribution is 6.09. The molecule has 0 spiro atoms. The summed E-state index contributed by atoms with van der Waals surface area (Å²) < 4.78 is 5.53. The molecule has 0 aliphatic rings. The van der Waals surface area contributed by atoms with Gasteiger partial charge in [-0.25, -0.2) is 0 Å². The second-order valence-electron chi connectivity index (χ2n) is 6.42. The van der Waals surface area contributed by atoms with E-state index in [1.54, 1.807) is 60.9 Å². The van der Waals surface area contributed by atoms with Crippen molar-refractivity contribution in [3.05, 3.63) is 89.7 Å². The minimum Gasteiger partial charge on any atom is -0.494 e. The van der Waals surface area contributed by atoms with Crippen LogP contribution in [0.2, 0.25) is 0 Å². The lowest BCUT2D eigenvalue weighted by Crippen LogP contribution is -2.25. The zero-order valence-electron chi connectivity index (χ0n) is 16.2. The van der Waals surface area contributed by atoms with Gasteiger partial charge in [-0.2, -0.15) is 0 Å². The van der Waals surface area contributed by atoms with Crippen molar-refractivity contribution in [2.24, 2.45) is 0 Å². The zero-order chi connectivity index (χ0) is 20.5. The summed E-state index contributed by atoms with van der Waals surface area (Å²) in [6.07, 6.45) is 4.29. The minimum absolute atomic E-state index is 0.270. The van der Waals surface area contributed by atoms with Crippen LogP contribution in [0.25, 0.3) is 0 Å². The summed E-state index contributed by atoms with van der Waals surface area (Å²) in [6, 6.07) is 17.5. The van der Waals surface area contributed by atoms with E-state index in [1.807, 2.05) is 19.1 Å². The van der Waals surface area contributed by atoms with Crippen LogP contribution in [0.5, 0.6) is 5.75 Å². The number of carbonyl (C=O) groups is 2. The number of nitrogens with one attached hydrogen (secondary N) is 2. The van der Waals surface area contributed by atoms with E-state index in [9.17, 15) is 9.59 Å². The Kier molecular flexibility index (Phi) is 6.95. The first-order valence-electron chi connectivity index (χ1n) is 9.47. The van der Waals surface area contributed by atoms with Crippen molar-refractivity contribution in [3.8, 4) is 5.75 Å². The van der Waals surface area contributed by atoms with Crippen LogP contribution in [0.15, 0.2) is 73.1 Å². The first kappa shape index (κ1) is 20.1. The molecule has 1 heterocycles. The number of benzene rings is 2. The minimum atomic E-state index is -0.292. The van der Waals surface area contributed by atoms with Crippen LogP contribution in [-0.4, -0.2) is 23.4 Å². The Bertz CT molecular complexity index is 957. The zero-order valence-corrected chi connectivity index (χ0v) is 16.2. The first-order chi connectivity index (χ1) is 14.2. The molecule has 6 heteroatoms. The molecular formula is C23H23N3O3. The van der Waals surface area contributed by atoms with Gasteiger partial charge in [0, 0.05) is 24.5 Å². The molecule has 6 nitrogen and oxygen atoms in total. The van der Waals surface area contributed by atoms with Crippen LogP contribution in [0, 0.1) is 0 Å². The van der Waals surface area contributed by atoms with Crippen molar-refractivity contribution in [2.75, 3.05) is 11.9 Å². The largest absolute Gasteiger partial charge is 0.494 e. The van der Waals surface area contributed by atoms with Gasteiger partial charge in [0.2, 0.25) is 0 Å². The Hall–Kier alpha value is -3.67. The first-order valence-corrected chi connectivity index (χ1v) is 9.47. The maximum atomic E-state index is 12.6. The molecule has 0 bridgehead atoms. The molecule has 0 aliphatic carbocycles. The molecule has 0 fully saturated rings. The van der Waals surface area contributed by atoms with Crippen LogP contribution in [0.4, 0.5) is 5.69 Å². The summed E-state index contributed by atoms with van der Waals surface area (Å²) in [5.41, 5.74) is 2.23. The second-order valence-corrected chi connectivity index (χ2v) is 6.42. The Morgan fingerprint density at radius 2 is 1.76 bits per heavy atom. The molecular weight excluding hydrogens is 366 g/mol. The lowest BCUT2D eigenvalue weighted by molar-refractivity contribution is 0.0951. The van der Waals surface area contributed by atoms with Crippen molar-refractivity contribution in [3.63, 3.8) is 0 Å². The van der Waals surface area contributed by atoms with Crippen LogP contribution in [0.1, 0.15) is 39.6 Å². The van der Waals surface area contributed by atoms with Gasteiger partial charge in [0.15, 0.2) is 0 Å². The fraction of sp³-hybridized carbons (Fsp3) is 0.174. The number of anilines is 1. The fourth-order valence-corrected chi connectivity index (χ4v) is 2.69. The quantitative estimate of drug-likeness (QED) is 0.609. The summed E-state index contributed by atoms with van der Waals surface area (Å²) in [7, 11) is 0. The number of rotatable bonds is 8. The molecule has 0 saturated heterocycles. The molecule has 2 amide bonds. The highest BCUT2D eigenvalue weighted by Gasteiger charge is 2.14. The molecule has 2 N–H and O–H groups in total. The topological polar surface area (TPSA) is 80.3 Å². The molecule has 0 unspecified atom stereocenters. The van der Waals surface area contributed by atoms with Crippen LogP contribution < -0.4 is 15.4 Å². The van der Waals surface area contributed by atoms with Gasteiger partial charge >= 0.3 is 0 Å². The predicted octanol–water partition coefficient (Wildman–Crippen LogP) is 4.05. The van der Waals surface area contributed by atoms with E-state index >= 15 is 0 Å². The Balaban J connectivity index is 1.66. The second kappa shape index (κ2) is 10.0. The van der Waals surface area contributed by atoms with Gasteiger partial charge in [0.1, 0.15) is 5.75 Å². The standard InChI is InChI=1S/C23H23N3O3/c1-2-14-29-19-11-9-18(10-12-19)22(27)26-21-8-4-3-7-20(21)23(28)25-16-17-6-5-13-24-15-17/h3-13,15H,2,14,16H2,1H3,(H,25,28)(H,26,27). The average molecular weight is 389 g/mol. The summed E-state index contributed by atoms with van der Waals surface area (Å²) >= 11 is 0. The summed E-state index contributed by atoms with van der Waals surface area (Å²) in [4.78, 5) is 29.2. The van der Waals surface area contributed by atoms with E-state index in [1.165, 1.54) is 0 Å². The number of aromatic nitrogens is 1. The highest BCUT2D eigenvalue weighted by Crippen LogP contribution is 2.18. The number of hydrogen-bond donors (Lipinski definition) is 2. The molecule has 0 aliphatic heterocycles. The molecule has 0 radical (unpaired) electrons. The number of pyridine rings is 1. The number of hydrogen-bond acceptors (Lipinski definition) is 4. The number of para-hydroxylation sites is 1. The number of nitrogens with zero attached hydrogens (tertiary/aromatic N) is 1. The SMILES string of the molecule is CCCOc1ccc(C(=O)Nc2ccccc2C(=O)NCc2cccnc2)cc1. The number of carbonyl (C=O) groups excluding carboxylic acids is 2. The van der Waals surface area contributed by atoms with E-state index < -0.39 is 0 Å². The number of amides is 2. The van der Waals surface area contributed by atoms with Crippen molar-refractivity contribution in [1.29, 1.82) is 0 Å². The van der Waals surface area contributed by atoms with E-state index in [-0.39, 0.29) is 11.8 Å². The van der Waals surface area contributed by atoms with E-state index in [0.717, 1.165) is 17.7 Å². The summed E-state index contributed by atoms with van der Waals surface area (Å²) in [5, 5.41) is 5.66. The van der Waals surface area contributed by atoms with Crippen molar-refractivity contribution >= 4 is 17.5 Å². The maximum Gasteiger partial charge on any atom is 0.255 e. The third-order valence-corrected chi connectivity index (χ3v) is 4.19. The molecule has 1 aromatic heterocycles. The van der Waals surface area contributed by atoms with Gasteiger partial charge in [0.05, 0.1) is 17.9 Å². The smallest absolute Gasteiger partial charge is 0.255 e. The summed E-state index contributed by atoms with van der Waals surface area (Å²) in [6.45, 7) is 3.02. The molecule has 3 rings (SSSR count). The third-order valence-electron chi connectivity index (χ3n) is 4.19. The van der Waals surface area contributed by atoms with Crippen LogP contribution >= 0.6 is 0 Å². The molecule has 148 valence electrons. The predicted molar refractivity (Wildman–Crippen MR) is 112 cm³/mol. The van der Waals surface area contributed by atoms with Crippen LogP contribution in [-0.2, 0) is 6.54 Å². The molecule has 0 saturated carbocycles. The number of ether oxygens (including phenoxy) is 1. The third kappa shape index (κ3) is 5.65. The Morgan fingerprint density at radius 3 is 2.48 bits per heavy atom. The molecule has 29 heavy (non-hydrogen) atoms. The lowest BCUT2D eigenvalue weighted by Gasteiger charge is -2.12. The Morgan fingerprint density at radius 1 is 0.966 bits per heavy atom. The van der Waals surface area contributed by atoms with Gasteiger partial charge in [-0.05, 0) is 54.4 Å². The van der Waals surface area contributed by atoms with E-state index in [2.05, 4.69) is 15.6 Å². The van der Waals surface area contributed by atoms with Crippen molar-refractivity contribution < 1.29 is 14.3 Å². The summed E-state index contributed by atoms with van der Waals surface area (Å²) in [5.74, 6) is 0.159. The molecule has 0 atom stereocenters. The normalized spacial score (nSPS) is 10.2. The van der Waals surface area contributed by atoms with E-state index in [0.29, 0.717) is 30.0 Å². The molecule has 3 aromatic rings. The molecule has 2 aromatic carbocycles. The van der Waals surface area contributed by atoms with Gasteiger partial charge in [-0.15, -0.1) is 0 Å². The maximum absolute atomic E-state index is 12.6. The van der Waals surface area contributed by atoms with E-state index in [4.69, 9.17) is 4.74 Å². The monoisotopic (exact) mass is 389 g/mol. The van der Waals surface area contributed by atoms with Gasteiger partial charge in [-0.1, -0.05) is 25.1 Å². The van der Waals surface area contributed by atoms with Crippen molar-refractivity contribution in [2.45, 2.75) is 19.9 Å². The Labute approximate surface area is 169 Å². The highest BCUT2D eigenvalue weighted by atomic mass is 16.5. The fourth-order valence-electron chi connectivity index (χ4n) is 2.69.